The zero-order valence-electron chi connectivity index (χ0n) is 14.0. The number of hydrogen-bond donors (Lipinski definition) is 0. The van der Waals surface area contributed by atoms with Crippen LogP contribution in [-0.4, -0.2) is 44.7 Å². The smallest absolute Gasteiger partial charge is 0.214 e. The van der Waals surface area contributed by atoms with Crippen molar-refractivity contribution in [2.24, 2.45) is 0 Å². The first kappa shape index (κ1) is 17.3. The van der Waals surface area contributed by atoms with Crippen molar-refractivity contribution in [1.29, 1.82) is 0 Å². The van der Waals surface area contributed by atoms with Crippen LogP contribution in [-0.2, 0) is 10.0 Å². The number of benzene rings is 1. The normalized spacial score (nSPS) is 17.2. The Kier molecular flexibility index (Phi) is 5.87. The molecule has 1 saturated heterocycles. The number of nitrogens with zero attached hydrogens (tertiary/aromatic N) is 2. The van der Waals surface area contributed by atoms with Crippen molar-refractivity contribution < 1.29 is 8.42 Å². The number of unbranched alkanes of at least 4 members (excludes halogenated alkanes) is 1. The molecule has 1 heterocycles. The summed E-state index contributed by atoms with van der Waals surface area (Å²) >= 11 is 0. The number of sulfonamides is 1. The molecule has 1 aromatic rings. The average molecular weight is 324 g/mol. The summed E-state index contributed by atoms with van der Waals surface area (Å²) in [4.78, 5) is 2.27. The first-order valence-electron chi connectivity index (χ1n) is 8.26. The molecule has 0 atom stereocenters. The van der Waals surface area contributed by atoms with Gasteiger partial charge >= 0.3 is 0 Å². The highest BCUT2D eigenvalue weighted by atomic mass is 32.2. The van der Waals surface area contributed by atoms with Gasteiger partial charge in [0.1, 0.15) is 0 Å². The maximum absolute atomic E-state index is 12.2. The largest absolute Gasteiger partial charge is 0.369 e. The predicted octanol–water partition coefficient (Wildman–Crippen LogP) is 3.06. The van der Waals surface area contributed by atoms with Crippen LogP contribution in [0.25, 0.3) is 0 Å². The van der Waals surface area contributed by atoms with Crippen molar-refractivity contribution >= 4 is 15.7 Å². The average Bonchev–Trinajstić information content (AvgIpc) is 2.53. The molecule has 124 valence electrons. The fourth-order valence-electron chi connectivity index (χ4n) is 2.75. The number of anilines is 1. The Morgan fingerprint density at radius 3 is 2.14 bits per heavy atom. The highest BCUT2D eigenvalue weighted by Gasteiger charge is 2.26. The third-order valence-corrected chi connectivity index (χ3v) is 6.27. The zero-order valence-corrected chi connectivity index (χ0v) is 14.8. The van der Waals surface area contributed by atoms with E-state index >= 15 is 0 Å². The lowest BCUT2D eigenvalue weighted by molar-refractivity contribution is 0.384. The number of rotatable bonds is 6. The standard InChI is InChI=1S/C17H28N2O2S/c1-4-5-14-22(20,21)19-12-10-18(11-13-19)17-8-6-16(7-9-17)15(2)3/h6-9,15H,4-5,10-14H2,1-3H3. The SMILES string of the molecule is CCCCS(=O)(=O)N1CCN(c2ccc(C(C)C)cc2)CC1. The molecule has 0 bridgehead atoms. The molecule has 1 aromatic carbocycles. The summed E-state index contributed by atoms with van der Waals surface area (Å²) in [5, 5.41) is 0. The molecule has 0 saturated carbocycles. The third kappa shape index (κ3) is 4.23. The number of hydrogen-bond acceptors (Lipinski definition) is 3. The minimum atomic E-state index is -3.06. The van der Waals surface area contributed by atoms with Crippen LogP contribution < -0.4 is 4.90 Å². The highest BCUT2D eigenvalue weighted by molar-refractivity contribution is 7.89. The second kappa shape index (κ2) is 7.47. The van der Waals surface area contributed by atoms with E-state index in [0.29, 0.717) is 19.0 Å². The van der Waals surface area contributed by atoms with Crippen LogP contribution >= 0.6 is 0 Å². The summed E-state index contributed by atoms with van der Waals surface area (Å²) in [6, 6.07) is 8.64. The minimum absolute atomic E-state index is 0.284. The molecule has 2 rings (SSSR count). The van der Waals surface area contributed by atoms with Gasteiger partial charge in [-0.15, -0.1) is 0 Å². The maximum Gasteiger partial charge on any atom is 0.214 e. The van der Waals surface area contributed by atoms with Gasteiger partial charge in [0, 0.05) is 31.9 Å². The second-order valence-electron chi connectivity index (χ2n) is 6.30. The second-order valence-corrected chi connectivity index (χ2v) is 8.39. The van der Waals surface area contributed by atoms with E-state index in [9.17, 15) is 8.42 Å². The van der Waals surface area contributed by atoms with Gasteiger partial charge in [0.15, 0.2) is 0 Å². The Hall–Kier alpha value is -1.07. The van der Waals surface area contributed by atoms with Crippen LogP contribution in [0.3, 0.4) is 0 Å². The van der Waals surface area contributed by atoms with E-state index in [1.54, 1.807) is 4.31 Å². The predicted molar refractivity (Wildman–Crippen MR) is 93.0 cm³/mol. The summed E-state index contributed by atoms with van der Waals surface area (Å²) < 4.78 is 26.1. The highest BCUT2D eigenvalue weighted by Crippen LogP contribution is 2.22. The summed E-state index contributed by atoms with van der Waals surface area (Å²) in [5.74, 6) is 0.821. The molecule has 22 heavy (non-hydrogen) atoms. The van der Waals surface area contributed by atoms with Crippen LogP contribution in [0.2, 0.25) is 0 Å². The molecular weight excluding hydrogens is 296 g/mol. The first-order valence-corrected chi connectivity index (χ1v) is 9.87. The Morgan fingerprint density at radius 1 is 1.05 bits per heavy atom. The van der Waals surface area contributed by atoms with Gasteiger partial charge < -0.3 is 4.90 Å². The monoisotopic (exact) mass is 324 g/mol. The van der Waals surface area contributed by atoms with Gasteiger partial charge in [0.05, 0.1) is 5.75 Å². The van der Waals surface area contributed by atoms with Gasteiger partial charge in [-0.1, -0.05) is 39.3 Å². The molecule has 1 aliphatic heterocycles. The van der Waals surface area contributed by atoms with Gasteiger partial charge in [0.25, 0.3) is 0 Å². The van der Waals surface area contributed by atoms with Crippen molar-refractivity contribution in [3.05, 3.63) is 29.8 Å². The Balaban J connectivity index is 1.94. The minimum Gasteiger partial charge on any atom is -0.369 e. The fourth-order valence-corrected chi connectivity index (χ4v) is 4.38. The summed E-state index contributed by atoms with van der Waals surface area (Å²) in [7, 11) is -3.06. The van der Waals surface area contributed by atoms with Gasteiger partial charge in [-0.2, -0.15) is 4.31 Å². The zero-order chi connectivity index (χ0) is 16.2. The summed E-state index contributed by atoms with van der Waals surface area (Å²) in [5.41, 5.74) is 2.53. The van der Waals surface area contributed by atoms with Gasteiger partial charge in [-0.25, -0.2) is 8.42 Å². The molecule has 1 fully saturated rings. The van der Waals surface area contributed by atoms with Crippen molar-refractivity contribution in [3.8, 4) is 0 Å². The van der Waals surface area contributed by atoms with E-state index in [-0.39, 0.29) is 5.75 Å². The Bertz CT molecular complexity index is 559. The van der Waals surface area contributed by atoms with E-state index in [0.717, 1.165) is 25.9 Å². The van der Waals surface area contributed by atoms with Crippen molar-refractivity contribution in [2.45, 2.75) is 39.5 Å². The molecule has 5 heteroatoms. The molecule has 0 N–H and O–H groups in total. The van der Waals surface area contributed by atoms with E-state index in [1.165, 1.54) is 11.3 Å². The lowest BCUT2D eigenvalue weighted by Crippen LogP contribution is -2.49. The molecule has 0 aliphatic carbocycles. The summed E-state index contributed by atoms with van der Waals surface area (Å²) in [6.45, 7) is 9.13. The van der Waals surface area contributed by atoms with Crippen LogP contribution in [0, 0.1) is 0 Å². The van der Waals surface area contributed by atoms with Gasteiger partial charge in [0.2, 0.25) is 10.0 Å². The van der Waals surface area contributed by atoms with Crippen LogP contribution in [0.5, 0.6) is 0 Å². The van der Waals surface area contributed by atoms with E-state index in [4.69, 9.17) is 0 Å². The van der Waals surface area contributed by atoms with Crippen LogP contribution in [0.15, 0.2) is 24.3 Å². The molecule has 0 unspecified atom stereocenters. The van der Waals surface area contributed by atoms with Crippen LogP contribution in [0.4, 0.5) is 5.69 Å². The van der Waals surface area contributed by atoms with E-state index < -0.39 is 10.0 Å². The molecule has 0 aromatic heterocycles. The lowest BCUT2D eigenvalue weighted by Gasteiger charge is -2.35. The van der Waals surface area contributed by atoms with Crippen LogP contribution in [0.1, 0.15) is 45.1 Å². The third-order valence-electron chi connectivity index (χ3n) is 4.31. The topological polar surface area (TPSA) is 40.6 Å². The molecule has 4 nitrogen and oxygen atoms in total. The van der Waals surface area contributed by atoms with Gasteiger partial charge in [-0.05, 0) is 30.0 Å². The molecule has 0 spiro atoms. The molecule has 0 radical (unpaired) electrons. The van der Waals surface area contributed by atoms with E-state index in [1.807, 2.05) is 6.92 Å². The van der Waals surface area contributed by atoms with Crippen molar-refractivity contribution in [1.82, 2.24) is 4.31 Å². The fraction of sp³-hybridized carbons (Fsp3) is 0.647. The van der Waals surface area contributed by atoms with E-state index in [2.05, 4.69) is 43.0 Å². The lowest BCUT2D eigenvalue weighted by atomic mass is 10.0. The van der Waals surface area contributed by atoms with Gasteiger partial charge in [-0.3, -0.25) is 0 Å². The first-order chi connectivity index (χ1) is 10.4. The maximum atomic E-state index is 12.2. The Labute approximate surface area is 135 Å². The van der Waals surface area contributed by atoms with Crippen molar-refractivity contribution in [2.75, 3.05) is 36.8 Å². The molecule has 0 amide bonds. The Morgan fingerprint density at radius 2 is 1.64 bits per heavy atom. The number of piperazine rings is 1. The molecular formula is C17H28N2O2S. The quantitative estimate of drug-likeness (QED) is 0.807. The van der Waals surface area contributed by atoms with Crippen molar-refractivity contribution in [3.63, 3.8) is 0 Å². The molecule has 1 aliphatic rings. The summed E-state index contributed by atoms with van der Waals surface area (Å²) in [6.07, 6.45) is 1.67.